The van der Waals surface area contributed by atoms with E-state index in [2.05, 4.69) is 10.6 Å². The van der Waals surface area contributed by atoms with Gasteiger partial charge >= 0.3 is 0 Å². The average molecular weight is 539 g/mol. The molecule has 0 spiro atoms. The van der Waals surface area contributed by atoms with Crippen molar-refractivity contribution in [2.45, 2.75) is 20.3 Å². The van der Waals surface area contributed by atoms with Crippen molar-refractivity contribution in [3.05, 3.63) is 49.3 Å². The first kappa shape index (κ1) is 24.3. The zero-order valence-corrected chi connectivity index (χ0v) is 22.7. The molecule has 0 unspecified atom stereocenters. The van der Waals surface area contributed by atoms with Crippen molar-refractivity contribution < 1.29 is 24.1 Å². The van der Waals surface area contributed by atoms with Crippen LogP contribution in [0.4, 0.5) is 11.4 Å². The van der Waals surface area contributed by atoms with Crippen molar-refractivity contribution >= 4 is 65.8 Å². The summed E-state index contributed by atoms with van der Waals surface area (Å²) in [5.74, 6) is 0.0797. The molecule has 5 aromatic rings. The van der Waals surface area contributed by atoms with E-state index < -0.39 is 5.43 Å². The van der Waals surface area contributed by atoms with Crippen molar-refractivity contribution in [1.29, 1.82) is 0 Å². The molecule has 9 heteroatoms. The van der Waals surface area contributed by atoms with Gasteiger partial charge in [-0.25, -0.2) is 0 Å². The lowest BCUT2D eigenvalue weighted by Gasteiger charge is -2.28. The highest BCUT2D eigenvalue weighted by Gasteiger charge is 2.36. The van der Waals surface area contributed by atoms with Crippen LogP contribution >= 0.6 is 0 Å². The summed E-state index contributed by atoms with van der Waals surface area (Å²) in [5, 5.41) is 22.5. The summed E-state index contributed by atoms with van der Waals surface area (Å²) in [6.45, 7) is 4.63. The summed E-state index contributed by atoms with van der Waals surface area (Å²) < 4.78 is 17.3. The molecule has 0 radical (unpaired) electrons. The molecule has 1 aliphatic carbocycles. The third-order valence-electron chi connectivity index (χ3n) is 8.39. The quantitative estimate of drug-likeness (QED) is 0.226. The van der Waals surface area contributed by atoms with Crippen LogP contribution in [0.1, 0.15) is 25.0 Å². The number of allylic oxidation sites excluding steroid dienone is 2. The molecule has 202 valence electrons. The van der Waals surface area contributed by atoms with E-state index in [1.54, 1.807) is 0 Å². The van der Waals surface area contributed by atoms with E-state index in [1.165, 1.54) is 40.4 Å². The Morgan fingerprint density at radius 1 is 0.775 bits per heavy atom. The van der Waals surface area contributed by atoms with Gasteiger partial charge in [0.25, 0.3) is 0 Å². The number of hydrogen-bond donors (Lipinski definition) is 3. The predicted octanol–water partition coefficient (Wildman–Crippen LogP) is 4.38. The number of ketones is 1. The summed E-state index contributed by atoms with van der Waals surface area (Å²) in [7, 11) is 4.36. The molecular formula is C31H26N2O7. The van der Waals surface area contributed by atoms with E-state index >= 15 is 0 Å². The minimum atomic E-state index is -0.457. The molecular weight excluding hydrogens is 512 g/mol. The summed E-state index contributed by atoms with van der Waals surface area (Å²) in [5.41, 5.74) is 3.26. The molecule has 0 saturated heterocycles. The topological polar surface area (TPSA) is 123 Å². The number of Topliss-reactive ketones (excluding diaryl/α,β-unsaturated/α-hetero) is 1. The van der Waals surface area contributed by atoms with Gasteiger partial charge in [-0.3, -0.25) is 14.4 Å². The van der Waals surface area contributed by atoms with Crippen LogP contribution in [0.25, 0.3) is 48.7 Å². The number of phenols is 1. The molecule has 7 rings (SSSR count). The predicted molar refractivity (Wildman–Crippen MR) is 157 cm³/mol. The summed E-state index contributed by atoms with van der Waals surface area (Å²) in [6, 6.07) is 2.78. The second kappa shape index (κ2) is 8.11. The highest BCUT2D eigenvalue weighted by atomic mass is 16.5. The third-order valence-corrected chi connectivity index (χ3v) is 8.39. The molecule has 2 aliphatic rings. The van der Waals surface area contributed by atoms with Crippen molar-refractivity contribution in [2.75, 3.05) is 45.1 Å². The van der Waals surface area contributed by atoms with Gasteiger partial charge in [-0.15, -0.1) is 0 Å². The number of rotatable bonds is 4. The normalized spacial score (nSPS) is 14.5. The Morgan fingerprint density at radius 3 is 1.93 bits per heavy atom. The largest absolute Gasteiger partial charge is 0.504 e. The van der Waals surface area contributed by atoms with E-state index in [1.807, 2.05) is 6.92 Å². The molecule has 0 atom stereocenters. The first-order chi connectivity index (χ1) is 19.2. The maximum absolute atomic E-state index is 13.8. The molecule has 3 N–H and O–H groups in total. The second-order valence-electron chi connectivity index (χ2n) is 10.4. The smallest absolute Gasteiger partial charge is 0.194 e. The Balaban J connectivity index is 2.01. The molecule has 0 aromatic heterocycles. The number of benzene rings is 5. The van der Waals surface area contributed by atoms with Gasteiger partial charge in [0.15, 0.2) is 28.1 Å². The highest BCUT2D eigenvalue weighted by Crippen LogP contribution is 2.57. The fourth-order valence-corrected chi connectivity index (χ4v) is 7.02. The average Bonchev–Trinajstić information content (AvgIpc) is 3.07. The van der Waals surface area contributed by atoms with Gasteiger partial charge in [0.05, 0.1) is 43.5 Å². The maximum atomic E-state index is 13.8. The van der Waals surface area contributed by atoms with Gasteiger partial charge in [-0.1, -0.05) is 5.57 Å². The lowest BCUT2D eigenvalue weighted by Crippen LogP contribution is -2.24. The van der Waals surface area contributed by atoms with Gasteiger partial charge in [0.2, 0.25) is 0 Å². The van der Waals surface area contributed by atoms with E-state index in [0.29, 0.717) is 79.8 Å². The lowest BCUT2D eigenvalue weighted by molar-refractivity contribution is -0.111. The third kappa shape index (κ3) is 2.74. The minimum absolute atomic E-state index is 0.0405. The van der Waals surface area contributed by atoms with Crippen LogP contribution in [0.3, 0.4) is 0 Å². The van der Waals surface area contributed by atoms with E-state index in [9.17, 15) is 19.5 Å². The highest BCUT2D eigenvalue weighted by molar-refractivity contribution is 6.42. The number of hydrogen-bond acceptors (Lipinski definition) is 9. The van der Waals surface area contributed by atoms with Crippen LogP contribution < -0.4 is 35.7 Å². The number of carbonyl (C=O) groups is 1. The second-order valence-corrected chi connectivity index (χ2v) is 10.4. The first-order valence-corrected chi connectivity index (χ1v) is 13.0. The minimum Gasteiger partial charge on any atom is -0.504 e. The summed E-state index contributed by atoms with van der Waals surface area (Å²) in [4.78, 5) is 40.7. The van der Waals surface area contributed by atoms with Crippen molar-refractivity contribution in [3.8, 4) is 23.0 Å². The van der Waals surface area contributed by atoms with E-state index in [0.717, 1.165) is 16.8 Å². The Bertz CT molecular complexity index is 2130. The van der Waals surface area contributed by atoms with Gasteiger partial charge < -0.3 is 30.0 Å². The van der Waals surface area contributed by atoms with Gasteiger partial charge in [0, 0.05) is 63.3 Å². The number of fused-ring (bicyclic) bond motifs is 4. The Labute approximate surface area is 227 Å². The summed E-state index contributed by atoms with van der Waals surface area (Å²) in [6.07, 6.45) is 0.395. The number of nitrogens with one attached hydrogen (secondary N) is 2. The molecule has 0 fully saturated rings. The van der Waals surface area contributed by atoms with Gasteiger partial charge in [0.1, 0.15) is 11.5 Å². The van der Waals surface area contributed by atoms with Crippen molar-refractivity contribution in [1.82, 2.24) is 0 Å². The zero-order chi connectivity index (χ0) is 28.2. The maximum Gasteiger partial charge on any atom is 0.194 e. The van der Waals surface area contributed by atoms with Crippen LogP contribution in [-0.2, 0) is 11.2 Å². The van der Waals surface area contributed by atoms with Crippen LogP contribution in [0.5, 0.6) is 23.0 Å². The molecule has 5 aromatic carbocycles. The fraction of sp³-hybridized carbons (Fsp3) is 0.258. The SMILES string of the molecule is COc1c(O)c2c(=O)cc(OC)c3c4c(OC)cc(=O)c5c6c(c7c(c(c1C(C(C)=O)=C(C)C7)c23)c54)NCCN6. The molecule has 9 nitrogen and oxygen atoms in total. The Kier molecular flexibility index (Phi) is 4.92. The zero-order valence-electron chi connectivity index (χ0n) is 22.7. The molecule has 1 aliphatic heterocycles. The van der Waals surface area contributed by atoms with Crippen LogP contribution in [0, 0.1) is 0 Å². The van der Waals surface area contributed by atoms with E-state index in [4.69, 9.17) is 14.2 Å². The first-order valence-electron chi connectivity index (χ1n) is 13.0. The Morgan fingerprint density at radius 2 is 1.35 bits per heavy atom. The number of phenolic OH excluding ortho intramolecular Hbond substituents is 1. The van der Waals surface area contributed by atoms with Gasteiger partial charge in [-0.05, 0) is 31.2 Å². The number of methoxy groups -OCH3 is 3. The summed E-state index contributed by atoms with van der Waals surface area (Å²) >= 11 is 0. The molecule has 0 bridgehead atoms. The number of carbonyl (C=O) groups excluding carboxylic acids is 1. The Hall–Kier alpha value is -4.79. The van der Waals surface area contributed by atoms with Crippen LogP contribution in [0.15, 0.2) is 27.3 Å². The fourth-order valence-electron chi connectivity index (χ4n) is 7.02. The van der Waals surface area contributed by atoms with Crippen molar-refractivity contribution in [3.63, 3.8) is 0 Å². The van der Waals surface area contributed by atoms with Gasteiger partial charge in [-0.2, -0.15) is 0 Å². The molecule has 1 heterocycles. The lowest BCUT2D eigenvalue weighted by atomic mass is 9.82. The number of anilines is 2. The monoisotopic (exact) mass is 538 g/mol. The standard InChI is InChI=1S/C31H26N2O7/c1-11-8-13-19-24-20(29-28(13)32-6-7-33-29)14(35)9-16(38-3)22(24)23-17(39-4)10-15(36)21-26(23)25(19)27(18(11)12(2)34)31(40-5)30(21)37/h9-10,32-33,37H,6-8H2,1-5H3. The van der Waals surface area contributed by atoms with Crippen molar-refractivity contribution in [2.24, 2.45) is 0 Å². The van der Waals surface area contributed by atoms with Crippen LogP contribution in [0.2, 0.25) is 0 Å². The number of aromatic hydroxyl groups is 1. The number of ether oxygens (including phenoxy) is 3. The van der Waals surface area contributed by atoms with Crippen LogP contribution in [-0.4, -0.2) is 45.3 Å². The van der Waals surface area contributed by atoms with E-state index in [-0.39, 0.29) is 33.8 Å². The molecule has 0 amide bonds. The molecule has 40 heavy (non-hydrogen) atoms. The molecule has 0 saturated carbocycles.